The third kappa shape index (κ3) is 3.22. The zero-order chi connectivity index (χ0) is 21.7. The maximum absolute atomic E-state index is 4.93. The van der Waals surface area contributed by atoms with Gasteiger partial charge in [-0.1, -0.05) is 42.5 Å². The highest BCUT2D eigenvalue weighted by molar-refractivity contribution is 5.63. The SMILES string of the molecule is Cc1ccc(C)c(N2CCN(c3c4c(nc5nc(-c6ccccc6)nn35)CCC4)CC2)c1. The molecule has 6 heteroatoms. The Hall–Kier alpha value is -3.41. The minimum atomic E-state index is 0.719. The zero-order valence-electron chi connectivity index (χ0n) is 18.8. The summed E-state index contributed by atoms with van der Waals surface area (Å²) in [7, 11) is 0. The van der Waals surface area contributed by atoms with Gasteiger partial charge in [0.15, 0.2) is 5.82 Å². The molecule has 2 aliphatic rings. The average Bonchev–Trinajstić information content (AvgIpc) is 3.46. The number of rotatable bonds is 3. The van der Waals surface area contributed by atoms with Gasteiger partial charge in [-0.15, -0.1) is 5.10 Å². The van der Waals surface area contributed by atoms with Crippen molar-refractivity contribution < 1.29 is 0 Å². The normalized spacial score (nSPS) is 16.1. The summed E-state index contributed by atoms with van der Waals surface area (Å²) in [5, 5.41) is 4.93. The third-order valence-corrected chi connectivity index (χ3v) is 6.80. The first kappa shape index (κ1) is 19.3. The number of aromatic nitrogens is 4. The molecule has 162 valence electrons. The number of piperazine rings is 1. The molecule has 1 aliphatic carbocycles. The summed E-state index contributed by atoms with van der Waals surface area (Å²) in [6.45, 7) is 8.33. The number of anilines is 2. The predicted octanol–water partition coefficient (Wildman–Crippen LogP) is 4.22. The van der Waals surface area contributed by atoms with E-state index in [1.807, 2.05) is 22.7 Å². The Labute approximate surface area is 188 Å². The molecule has 1 aliphatic heterocycles. The van der Waals surface area contributed by atoms with Gasteiger partial charge in [0, 0.05) is 43.0 Å². The number of hydrogen-bond acceptors (Lipinski definition) is 5. The van der Waals surface area contributed by atoms with Gasteiger partial charge < -0.3 is 9.80 Å². The quantitative estimate of drug-likeness (QED) is 0.493. The third-order valence-electron chi connectivity index (χ3n) is 6.80. The second kappa shape index (κ2) is 7.62. The Morgan fingerprint density at radius 2 is 1.59 bits per heavy atom. The maximum Gasteiger partial charge on any atom is 0.254 e. The Balaban J connectivity index is 1.36. The fourth-order valence-corrected chi connectivity index (χ4v) is 5.11. The van der Waals surface area contributed by atoms with Crippen LogP contribution in [0.15, 0.2) is 48.5 Å². The van der Waals surface area contributed by atoms with Crippen molar-refractivity contribution in [3.05, 3.63) is 70.9 Å². The topological polar surface area (TPSA) is 49.6 Å². The van der Waals surface area contributed by atoms with Gasteiger partial charge in [-0.05, 0) is 50.3 Å². The lowest BCUT2D eigenvalue weighted by Crippen LogP contribution is -2.47. The van der Waals surface area contributed by atoms with Crippen LogP contribution in [0.2, 0.25) is 0 Å². The van der Waals surface area contributed by atoms with Gasteiger partial charge in [0.25, 0.3) is 5.78 Å². The van der Waals surface area contributed by atoms with E-state index in [2.05, 4.69) is 54.0 Å². The van der Waals surface area contributed by atoms with Gasteiger partial charge in [-0.3, -0.25) is 0 Å². The summed E-state index contributed by atoms with van der Waals surface area (Å²) in [4.78, 5) is 14.7. The van der Waals surface area contributed by atoms with E-state index in [1.54, 1.807) is 0 Å². The summed E-state index contributed by atoms with van der Waals surface area (Å²) < 4.78 is 2.00. The van der Waals surface area contributed by atoms with Crippen molar-refractivity contribution >= 4 is 17.3 Å². The molecule has 32 heavy (non-hydrogen) atoms. The van der Waals surface area contributed by atoms with E-state index in [0.717, 1.165) is 62.6 Å². The maximum atomic E-state index is 4.93. The first-order chi connectivity index (χ1) is 15.7. The molecule has 6 rings (SSSR count). The van der Waals surface area contributed by atoms with Crippen molar-refractivity contribution in [2.24, 2.45) is 0 Å². The van der Waals surface area contributed by atoms with Gasteiger partial charge in [0.05, 0.1) is 5.69 Å². The molecule has 2 aromatic heterocycles. The predicted molar refractivity (Wildman–Crippen MR) is 129 cm³/mol. The van der Waals surface area contributed by atoms with E-state index in [0.29, 0.717) is 0 Å². The molecular formula is C26H28N6. The molecule has 0 amide bonds. The van der Waals surface area contributed by atoms with Crippen molar-refractivity contribution in [3.63, 3.8) is 0 Å². The molecule has 0 unspecified atom stereocenters. The highest BCUT2D eigenvalue weighted by atomic mass is 15.4. The molecule has 0 atom stereocenters. The van der Waals surface area contributed by atoms with Crippen LogP contribution in [-0.2, 0) is 12.8 Å². The Morgan fingerprint density at radius 1 is 0.812 bits per heavy atom. The van der Waals surface area contributed by atoms with Crippen LogP contribution in [0.4, 0.5) is 11.5 Å². The molecular weight excluding hydrogens is 396 g/mol. The fourth-order valence-electron chi connectivity index (χ4n) is 5.11. The molecule has 0 spiro atoms. The van der Waals surface area contributed by atoms with E-state index >= 15 is 0 Å². The van der Waals surface area contributed by atoms with Crippen LogP contribution in [0.5, 0.6) is 0 Å². The standard InChI is InChI=1S/C26H28N6/c1-18-11-12-19(2)23(17-18)30-13-15-31(16-14-30)25-21-9-6-10-22(21)27-26-28-24(29-32(25)26)20-7-4-3-5-8-20/h3-5,7-8,11-12,17H,6,9-10,13-16H2,1-2H3. The van der Waals surface area contributed by atoms with Crippen molar-refractivity contribution in [1.29, 1.82) is 0 Å². The summed E-state index contributed by atoms with van der Waals surface area (Å²) in [5.74, 6) is 2.67. The summed E-state index contributed by atoms with van der Waals surface area (Å²) >= 11 is 0. The van der Waals surface area contributed by atoms with Crippen LogP contribution in [0.25, 0.3) is 17.2 Å². The molecule has 0 saturated carbocycles. The van der Waals surface area contributed by atoms with Gasteiger partial charge in [-0.25, -0.2) is 4.98 Å². The Bertz CT molecular complexity index is 1280. The van der Waals surface area contributed by atoms with Crippen LogP contribution >= 0.6 is 0 Å². The van der Waals surface area contributed by atoms with Crippen LogP contribution in [0.3, 0.4) is 0 Å². The van der Waals surface area contributed by atoms with Crippen molar-refractivity contribution in [2.45, 2.75) is 33.1 Å². The van der Waals surface area contributed by atoms with Crippen molar-refractivity contribution in [2.75, 3.05) is 36.0 Å². The molecule has 1 fully saturated rings. The molecule has 0 N–H and O–H groups in total. The van der Waals surface area contributed by atoms with Crippen LogP contribution in [0.1, 0.15) is 28.8 Å². The second-order valence-electron chi connectivity index (χ2n) is 8.99. The first-order valence-electron chi connectivity index (χ1n) is 11.6. The molecule has 2 aromatic carbocycles. The minimum Gasteiger partial charge on any atom is -0.368 e. The lowest BCUT2D eigenvalue weighted by Gasteiger charge is -2.38. The second-order valence-corrected chi connectivity index (χ2v) is 8.99. The highest BCUT2D eigenvalue weighted by Crippen LogP contribution is 2.33. The molecule has 0 bridgehead atoms. The zero-order valence-corrected chi connectivity index (χ0v) is 18.8. The average molecular weight is 425 g/mol. The van der Waals surface area contributed by atoms with E-state index in [4.69, 9.17) is 15.1 Å². The Kier molecular flexibility index (Phi) is 4.59. The van der Waals surface area contributed by atoms with Gasteiger partial charge in [0.1, 0.15) is 5.82 Å². The largest absolute Gasteiger partial charge is 0.368 e. The molecule has 3 heterocycles. The van der Waals surface area contributed by atoms with E-state index in [9.17, 15) is 0 Å². The lowest BCUT2D eigenvalue weighted by atomic mass is 10.1. The van der Waals surface area contributed by atoms with Gasteiger partial charge in [0.2, 0.25) is 0 Å². The van der Waals surface area contributed by atoms with Crippen LogP contribution in [-0.4, -0.2) is 45.8 Å². The number of fused-ring (bicyclic) bond motifs is 2. The van der Waals surface area contributed by atoms with E-state index in [1.165, 1.54) is 33.9 Å². The van der Waals surface area contributed by atoms with Crippen LogP contribution in [0, 0.1) is 13.8 Å². The Morgan fingerprint density at radius 3 is 2.41 bits per heavy atom. The monoisotopic (exact) mass is 424 g/mol. The van der Waals surface area contributed by atoms with Crippen molar-refractivity contribution in [1.82, 2.24) is 19.6 Å². The fraction of sp³-hybridized carbons (Fsp3) is 0.346. The van der Waals surface area contributed by atoms with Crippen LogP contribution < -0.4 is 9.80 Å². The molecule has 6 nitrogen and oxygen atoms in total. The van der Waals surface area contributed by atoms with E-state index in [-0.39, 0.29) is 0 Å². The summed E-state index contributed by atoms with van der Waals surface area (Å²) in [6.07, 6.45) is 3.27. The number of nitrogens with zero attached hydrogens (tertiary/aromatic N) is 6. The van der Waals surface area contributed by atoms with Gasteiger partial charge in [-0.2, -0.15) is 9.50 Å². The number of hydrogen-bond donors (Lipinski definition) is 0. The lowest BCUT2D eigenvalue weighted by molar-refractivity contribution is 0.634. The smallest absolute Gasteiger partial charge is 0.254 e. The van der Waals surface area contributed by atoms with Gasteiger partial charge >= 0.3 is 0 Å². The highest BCUT2D eigenvalue weighted by Gasteiger charge is 2.28. The van der Waals surface area contributed by atoms with Crippen molar-refractivity contribution in [3.8, 4) is 11.4 Å². The number of benzene rings is 2. The number of aryl methyl sites for hydroxylation is 3. The van der Waals surface area contributed by atoms with E-state index < -0.39 is 0 Å². The summed E-state index contributed by atoms with van der Waals surface area (Å²) in [5.41, 5.74) is 7.63. The summed E-state index contributed by atoms with van der Waals surface area (Å²) in [6, 6.07) is 16.9. The molecule has 4 aromatic rings. The molecule has 1 saturated heterocycles. The molecule has 0 radical (unpaired) electrons. The minimum absolute atomic E-state index is 0.719. The first-order valence-corrected chi connectivity index (χ1v) is 11.6.